The Hall–Kier alpha value is -1.16. The summed E-state index contributed by atoms with van der Waals surface area (Å²) in [5.74, 6) is 0.0521. The van der Waals surface area contributed by atoms with Crippen LogP contribution in [0.1, 0.15) is 29.8 Å². The molecule has 0 radical (unpaired) electrons. The summed E-state index contributed by atoms with van der Waals surface area (Å²) in [5, 5.41) is 10.9. The highest BCUT2D eigenvalue weighted by molar-refractivity contribution is 8.00. The minimum absolute atomic E-state index is 0.0600. The van der Waals surface area contributed by atoms with Crippen LogP contribution in [0.25, 0.3) is 0 Å². The van der Waals surface area contributed by atoms with Gasteiger partial charge in [0.2, 0.25) is 0 Å². The van der Waals surface area contributed by atoms with Gasteiger partial charge in [-0.15, -0.1) is 0 Å². The van der Waals surface area contributed by atoms with E-state index in [4.69, 9.17) is 0 Å². The van der Waals surface area contributed by atoms with Crippen LogP contribution in [0, 0.1) is 6.92 Å². The van der Waals surface area contributed by atoms with Gasteiger partial charge in [-0.25, -0.2) is 0 Å². The average molecular weight is 265 g/mol. The number of thioether (sulfide) groups is 1. The largest absolute Gasteiger partial charge is 0.507 e. The molecule has 18 heavy (non-hydrogen) atoms. The van der Waals surface area contributed by atoms with Crippen molar-refractivity contribution in [2.24, 2.45) is 0 Å². The zero-order valence-electron chi connectivity index (χ0n) is 11.0. The number of hydrogen-bond donors (Lipinski definition) is 1. The summed E-state index contributed by atoms with van der Waals surface area (Å²) < 4.78 is 0. The highest BCUT2D eigenvalue weighted by Gasteiger charge is 2.27. The quantitative estimate of drug-likeness (QED) is 0.848. The van der Waals surface area contributed by atoms with Crippen molar-refractivity contribution >= 4 is 17.7 Å². The molecule has 2 rings (SSSR count). The molecular weight excluding hydrogens is 246 g/mol. The third-order valence-corrected chi connectivity index (χ3v) is 4.40. The van der Waals surface area contributed by atoms with Gasteiger partial charge in [0.1, 0.15) is 5.75 Å². The smallest absolute Gasteiger partial charge is 0.257 e. The Morgan fingerprint density at radius 3 is 2.56 bits per heavy atom. The fourth-order valence-electron chi connectivity index (χ4n) is 2.35. The molecule has 1 fully saturated rings. The molecule has 1 aromatic carbocycles. The van der Waals surface area contributed by atoms with Gasteiger partial charge in [-0.3, -0.25) is 4.79 Å². The molecule has 1 aliphatic heterocycles. The van der Waals surface area contributed by atoms with Crippen molar-refractivity contribution in [3.05, 3.63) is 29.3 Å². The second kappa shape index (κ2) is 5.22. The number of carbonyl (C=O) groups excluding carboxylic acids is 1. The van der Waals surface area contributed by atoms with Gasteiger partial charge in [0.05, 0.1) is 5.56 Å². The molecule has 2 atom stereocenters. The van der Waals surface area contributed by atoms with Gasteiger partial charge in [-0.2, -0.15) is 11.8 Å². The highest BCUT2D eigenvalue weighted by atomic mass is 32.2. The number of carbonyl (C=O) groups is 1. The van der Waals surface area contributed by atoms with E-state index in [0.717, 1.165) is 18.7 Å². The first-order valence-electron chi connectivity index (χ1n) is 6.22. The van der Waals surface area contributed by atoms with Crippen molar-refractivity contribution in [3.63, 3.8) is 0 Å². The molecule has 2 unspecified atom stereocenters. The zero-order valence-corrected chi connectivity index (χ0v) is 11.8. The van der Waals surface area contributed by atoms with E-state index in [-0.39, 0.29) is 11.7 Å². The molecule has 3 nitrogen and oxygen atoms in total. The van der Waals surface area contributed by atoms with Gasteiger partial charge < -0.3 is 10.0 Å². The lowest BCUT2D eigenvalue weighted by molar-refractivity contribution is 0.0750. The number of rotatable bonds is 1. The molecule has 0 bridgehead atoms. The van der Waals surface area contributed by atoms with Gasteiger partial charge in [0.25, 0.3) is 5.91 Å². The van der Waals surface area contributed by atoms with Crippen LogP contribution in [0.3, 0.4) is 0 Å². The number of nitrogens with zero attached hydrogens (tertiary/aromatic N) is 1. The lowest BCUT2D eigenvalue weighted by Gasteiger charge is -2.34. The molecular formula is C14H19NO2S. The maximum atomic E-state index is 12.4. The second-order valence-corrected chi connectivity index (χ2v) is 6.82. The second-order valence-electron chi connectivity index (χ2n) is 4.94. The summed E-state index contributed by atoms with van der Waals surface area (Å²) in [6, 6.07) is 5.32. The third kappa shape index (κ3) is 2.64. The molecule has 4 heteroatoms. The lowest BCUT2D eigenvalue weighted by atomic mass is 10.1. The topological polar surface area (TPSA) is 40.5 Å². The van der Waals surface area contributed by atoms with E-state index in [1.807, 2.05) is 35.7 Å². The lowest BCUT2D eigenvalue weighted by Crippen LogP contribution is -2.44. The highest BCUT2D eigenvalue weighted by Crippen LogP contribution is 2.28. The van der Waals surface area contributed by atoms with Crippen molar-refractivity contribution in [1.29, 1.82) is 0 Å². The van der Waals surface area contributed by atoms with Crippen molar-refractivity contribution in [2.45, 2.75) is 31.3 Å². The molecule has 0 aliphatic carbocycles. The van der Waals surface area contributed by atoms with Crippen LogP contribution < -0.4 is 0 Å². The van der Waals surface area contributed by atoms with Crippen LogP contribution in [-0.2, 0) is 0 Å². The van der Waals surface area contributed by atoms with Crippen LogP contribution in [0.4, 0.5) is 0 Å². The molecule has 1 amide bonds. The number of para-hydroxylation sites is 1. The summed E-state index contributed by atoms with van der Waals surface area (Å²) in [4.78, 5) is 14.3. The SMILES string of the molecule is Cc1cccc(C(=O)N2CC(C)SC(C)C2)c1O. The Kier molecular flexibility index (Phi) is 3.85. The number of amides is 1. The minimum atomic E-state index is -0.0600. The van der Waals surface area contributed by atoms with E-state index in [1.165, 1.54) is 0 Å². The van der Waals surface area contributed by atoms with Gasteiger partial charge in [-0.1, -0.05) is 26.0 Å². The molecule has 1 N–H and O–H groups in total. The number of aryl methyl sites for hydroxylation is 1. The summed E-state index contributed by atoms with van der Waals surface area (Å²) in [6.45, 7) is 7.58. The Labute approximate surface area is 112 Å². The van der Waals surface area contributed by atoms with Crippen LogP contribution >= 0.6 is 11.8 Å². The fraction of sp³-hybridized carbons (Fsp3) is 0.500. The minimum Gasteiger partial charge on any atom is -0.507 e. The van der Waals surface area contributed by atoms with E-state index in [9.17, 15) is 9.90 Å². The number of phenolic OH excluding ortho intramolecular Hbond substituents is 1. The number of phenols is 1. The number of aromatic hydroxyl groups is 1. The first kappa shape index (κ1) is 13.3. The monoisotopic (exact) mass is 265 g/mol. The van der Waals surface area contributed by atoms with Gasteiger partial charge in [-0.05, 0) is 18.6 Å². The molecule has 0 aromatic heterocycles. The van der Waals surface area contributed by atoms with Crippen molar-refractivity contribution in [2.75, 3.05) is 13.1 Å². The van der Waals surface area contributed by atoms with Gasteiger partial charge >= 0.3 is 0 Å². The van der Waals surface area contributed by atoms with E-state index in [0.29, 0.717) is 16.1 Å². The average Bonchev–Trinajstić information content (AvgIpc) is 2.30. The normalized spacial score (nSPS) is 24.1. The predicted octanol–water partition coefficient (Wildman–Crippen LogP) is 2.67. The number of hydrogen-bond acceptors (Lipinski definition) is 3. The molecule has 98 valence electrons. The first-order valence-corrected chi connectivity index (χ1v) is 7.16. The maximum absolute atomic E-state index is 12.4. The standard InChI is InChI=1S/C14H19NO2S/c1-9-5-4-6-12(13(9)16)14(17)15-7-10(2)18-11(3)8-15/h4-6,10-11,16H,7-8H2,1-3H3. The van der Waals surface area contributed by atoms with Crippen LogP contribution in [-0.4, -0.2) is 39.5 Å². The molecule has 1 aliphatic rings. The van der Waals surface area contributed by atoms with Crippen molar-refractivity contribution < 1.29 is 9.90 Å². The molecule has 0 spiro atoms. The predicted molar refractivity (Wildman–Crippen MR) is 75.3 cm³/mol. The van der Waals surface area contributed by atoms with Crippen molar-refractivity contribution in [1.82, 2.24) is 4.90 Å². The third-order valence-electron chi connectivity index (χ3n) is 3.17. The molecule has 1 heterocycles. The Morgan fingerprint density at radius 2 is 1.94 bits per heavy atom. The molecule has 1 aromatic rings. The van der Waals surface area contributed by atoms with Crippen LogP contribution in [0.15, 0.2) is 18.2 Å². The summed E-state index contributed by atoms with van der Waals surface area (Å²) in [5.41, 5.74) is 1.16. The summed E-state index contributed by atoms with van der Waals surface area (Å²) in [6.07, 6.45) is 0. The maximum Gasteiger partial charge on any atom is 0.257 e. The van der Waals surface area contributed by atoms with E-state index in [2.05, 4.69) is 13.8 Å². The Morgan fingerprint density at radius 1 is 1.33 bits per heavy atom. The van der Waals surface area contributed by atoms with Crippen LogP contribution in [0.2, 0.25) is 0 Å². The van der Waals surface area contributed by atoms with E-state index < -0.39 is 0 Å². The molecule has 0 saturated carbocycles. The fourth-order valence-corrected chi connectivity index (χ4v) is 3.67. The van der Waals surface area contributed by atoms with E-state index >= 15 is 0 Å². The summed E-state index contributed by atoms with van der Waals surface area (Å²) >= 11 is 1.91. The summed E-state index contributed by atoms with van der Waals surface area (Å²) in [7, 11) is 0. The number of benzene rings is 1. The van der Waals surface area contributed by atoms with Gasteiger partial charge in [0, 0.05) is 23.6 Å². The van der Waals surface area contributed by atoms with E-state index in [1.54, 1.807) is 6.07 Å². The van der Waals surface area contributed by atoms with Crippen LogP contribution in [0.5, 0.6) is 5.75 Å². The first-order chi connectivity index (χ1) is 8.49. The molecule has 1 saturated heterocycles. The Bertz CT molecular complexity index is 451. The van der Waals surface area contributed by atoms with Gasteiger partial charge in [0.15, 0.2) is 0 Å². The van der Waals surface area contributed by atoms with Crippen molar-refractivity contribution in [3.8, 4) is 5.75 Å². The Balaban J connectivity index is 2.23. The zero-order chi connectivity index (χ0) is 13.3.